The SMILES string of the molecule is Cn1c(=O)c2c(ncn2[C@@H]2C[C@@H](O)CN(C(=O)c3ccc4nc[nH]c4c3)C[C@@]2(C)O)n(C)c1=O. The van der Waals surface area contributed by atoms with Crippen LogP contribution in [0.25, 0.3) is 22.2 Å². The molecule has 3 aromatic heterocycles. The second kappa shape index (κ2) is 7.64. The van der Waals surface area contributed by atoms with Crippen LogP contribution < -0.4 is 11.2 Å². The third kappa shape index (κ3) is 3.33. The molecule has 3 N–H and O–H groups in total. The molecular formula is C22H25N7O5. The largest absolute Gasteiger partial charge is 0.391 e. The number of nitrogens with one attached hydrogen (secondary N) is 1. The standard InChI is InChI=1S/C22H25N7O5/c1-22(34)9-28(19(31)12-4-5-14-15(6-12)24-10-23-14)8-13(30)7-16(22)29-11-25-18-17(29)20(32)27(3)21(33)26(18)2/h4-6,10-11,13,16,30,34H,7-9H2,1-3H3,(H,23,24)/t13-,16-,22-/m1/s1. The third-order valence-corrected chi connectivity index (χ3v) is 6.62. The Morgan fingerprint density at radius 3 is 2.74 bits per heavy atom. The molecule has 4 aromatic rings. The maximum absolute atomic E-state index is 13.3. The molecule has 178 valence electrons. The van der Waals surface area contributed by atoms with E-state index in [-0.39, 0.29) is 36.6 Å². The number of aryl methyl sites for hydroxylation is 1. The molecule has 0 radical (unpaired) electrons. The van der Waals surface area contributed by atoms with Crippen molar-refractivity contribution in [2.45, 2.75) is 31.1 Å². The van der Waals surface area contributed by atoms with E-state index in [1.807, 2.05) is 0 Å². The summed E-state index contributed by atoms with van der Waals surface area (Å²) >= 11 is 0. The quantitative estimate of drug-likeness (QED) is 0.360. The highest BCUT2D eigenvalue weighted by molar-refractivity contribution is 5.97. The molecule has 1 aliphatic heterocycles. The van der Waals surface area contributed by atoms with Crippen LogP contribution in [0.15, 0.2) is 40.4 Å². The first-order chi connectivity index (χ1) is 16.1. The lowest BCUT2D eigenvalue weighted by molar-refractivity contribution is -0.0121. The van der Waals surface area contributed by atoms with Gasteiger partial charge in [-0.15, -0.1) is 0 Å². The zero-order valence-corrected chi connectivity index (χ0v) is 19.0. The van der Waals surface area contributed by atoms with Crippen LogP contribution >= 0.6 is 0 Å². The van der Waals surface area contributed by atoms with Gasteiger partial charge in [-0.1, -0.05) is 0 Å². The lowest BCUT2D eigenvalue weighted by atomic mass is 9.92. The highest BCUT2D eigenvalue weighted by Gasteiger charge is 2.42. The number of H-pyrrole nitrogens is 1. The molecule has 0 aliphatic carbocycles. The van der Waals surface area contributed by atoms with Crippen LogP contribution in [0.1, 0.15) is 29.7 Å². The Kier molecular flexibility index (Phi) is 4.95. The van der Waals surface area contributed by atoms with Gasteiger partial charge in [0.25, 0.3) is 11.5 Å². The summed E-state index contributed by atoms with van der Waals surface area (Å²) in [6.07, 6.45) is 2.04. The summed E-state index contributed by atoms with van der Waals surface area (Å²) in [4.78, 5) is 51.3. The molecule has 1 saturated heterocycles. The van der Waals surface area contributed by atoms with Gasteiger partial charge in [0, 0.05) is 26.2 Å². The predicted octanol–water partition coefficient (Wildman–Crippen LogP) is -0.491. The fourth-order valence-electron chi connectivity index (χ4n) is 4.82. The number of hydrogen-bond donors (Lipinski definition) is 3. The van der Waals surface area contributed by atoms with Gasteiger partial charge in [0.2, 0.25) is 0 Å². The smallest absolute Gasteiger partial charge is 0.332 e. The molecule has 0 saturated carbocycles. The average molecular weight is 467 g/mol. The van der Waals surface area contributed by atoms with Crippen molar-refractivity contribution < 1.29 is 15.0 Å². The molecule has 4 heterocycles. The minimum Gasteiger partial charge on any atom is -0.391 e. The lowest BCUT2D eigenvalue weighted by Gasteiger charge is -2.34. The van der Waals surface area contributed by atoms with E-state index in [1.165, 1.54) is 34.5 Å². The maximum atomic E-state index is 13.3. The molecule has 1 fully saturated rings. The molecule has 0 bridgehead atoms. The second-order valence-electron chi connectivity index (χ2n) is 9.11. The average Bonchev–Trinajstić information content (AvgIpc) is 3.42. The fourth-order valence-corrected chi connectivity index (χ4v) is 4.82. The number of nitrogens with zero attached hydrogens (tertiary/aromatic N) is 6. The number of aromatic nitrogens is 6. The van der Waals surface area contributed by atoms with Crippen LogP contribution in [-0.2, 0) is 14.1 Å². The van der Waals surface area contributed by atoms with Crippen molar-refractivity contribution in [3.8, 4) is 0 Å². The fraction of sp³-hybridized carbons (Fsp3) is 0.409. The Balaban J connectivity index is 1.54. The molecule has 1 aliphatic rings. The molecule has 12 heteroatoms. The molecule has 1 aromatic carbocycles. The number of benzene rings is 1. The number of rotatable bonds is 2. The summed E-state index contributed by atoms with van der Waals surface area (Å²) in [6, 6.07) is 4.29. The van der Waals surface area contributed by atoms with E-state index in [1.54, 1.807) is 31.5 Å². The monoisotopic (exact) mass is 467 g/mol. The summed E-state index contributed by atoms with van der Waals surface area (Å²) < 4.78 is 3.74. The third-order valence-electron chi connectivity index (χ3n) is 6.62. The topological polar surface area (TPSA) is 151 Å². The van der Waals surface area contributed by atoms with Gasteiger partial charge in [-0.25, -0.2) is 14.8 Å². The van der Waals surface area contributed by atoms with E-state index >= 15 is 0 Å². The van der Waals surface area contributed by atoms with Crippen molar-refractivity contribution in [2.75, 3.05) is 13.1 Å². The molecule has 5 rings (SSSR count). The number of aromatic amines is 1. The zero-order chi connectivity index (χ0) is 24.4. The molecule has 12 nitrogen and oxygen atoms in total. The van der Waals surface area contributed by atoms with Gasteiger partial charge in [0.1, 0.15) is 5.60 Å². The zero-order valence-electron chi connectivity index (χ0n) is 19.0. The summed E-state index contributed by atoms with van der Waals surface area (Å²) in [7, 11) is 2.89. The van der Waals surface area contributed by atoms with Gasteiger partial charge in [-0.05, 0) is 31.5 Å². The maximum Gasteiger partial charge on any atom is 0.332 e. The first-order valence-electron chi connectivity index (χ1n) is 10.8. The van der Waals surface area contributed by atoms with Crippen molar-refractivity contribution >= 4 is 28.1 Å². The number of amides is 1. The Morgan fingerprint density at radius 2 is 1.97 bits per heavy atom. The number of carbonyl (C=O) groups is 1. The number of aliphatic hydroxyl groups excluding tert-OH is 1. The van der Waals surface area contributed by atoms with Crippen molar-refractivity contribution in [3.05, 3.63) is 57.3 Å². The Hall–Kier alpha value is -3.77. The number of fused-ring (bicyclic) bond motifs is 2. The molecule has 34 heavy (non-hydrogen) atoms. The molecule has 3 atom stereocenters. The van der Waals surface area contributed by atoms with Gasteiger partial charge in [-0.2, -0.15) is 0 Å². The summed E-state index contributed by atoms with van der Waals surface area (Å²) in [6.45, 7) is 1.49. The van der Waals surface area contributed by atoms with Crippen LogP contribution in [0.4, 0.5) is 0 Å². The summed E-state index contributed by atoms with van der Waals surface area (Å²) in [5.41, 5.74) is -0.421. The normalized spacial score (nSPS) is 23.5. The number of aliphatic hydroxyl groups is 2. The van der Waals surface area contributed by atoms with Crippen molar-refractivity contribution in [3.63, 3.8) is 0 Å². The van der Waals surface area contributed by atoms with E-state index in [2.05, 4.69) is 15.0 Å². The van der Waals surface area contributed by atoms with Crippen LogP contribution in [0.2, 0.25) is 0 Å². The number of imidazole rings is 2. The minimum atomic E-state index is -1.52. The van der Waals surface area contributed by atoms with E-state index in [9.17, 15) is 24.6 Å². The summed E-state index contributed by atoms with van der Waals surface area (Å²) in [5.74, 6) is -0.342. The van der Waals surface area contributed by atoms with Gasteiger partial charge in [0.05, 0.1) is 42.4 Å². The summed E-state index contributed by atoms with van der Waals surface area (Å²) in [5, 5.41) is 22.3. The molecule has 0 unspecified atom stereocenters. The number of carbonyl (C=O) groups excluding carboxylic acids is 1. The van der Waals surface area contributed by atoms with Gasteiger partial charge < -0.3 is 24.7 Å². The Labute approximate surface area is 192 Å². The van der Waals surface area contributed by atoms with E-state index in [0.717, 1.165) is 10.1 Å². The number of hydrogen-bond acceptors (Lipinski definition) is 7. The van der Waals surface area contributed by atoms with Crippen LogP contribution in [-0.4, -0.2) is 74.5 Å². The van der Waals surface area contributed by atoms with Crippen LogP contribution in [0.5, 0.6) is 0 Å². The minimum absolute atomic E-state index is 0.00955. The molecular weight excluding hydrogens is 442 g/mol. The van der Waals surface area contributed by atoms with Crippen molar-refractivity contribution in [2.24, 2.45) is 14.1 Å². The van der Waals surface area contributed by atoms with Crippen LogP contribution in [0.3, 0.4) is 0 Å². The van der Waals surface area contributed by atoms with E-state index in [0.29, 0.717) is 11.1 Å². The number of β-amino-alcohol motifs (C(OH)–C–C–N with tert-alkyl or cyclic N) is 2. The Morgan fingerprint density at radius 1 is 1.21 bits per heavy atom. The van der Waals surface area contributed by atoms with Crippen LogP contribution in [0, 0.1) is 0 Å². The molecule has 0 spiro atoms. The number of likely N-dealkylation sites (tertiary alicyclic amines) is 1. The van der Waals surface area contributed by atoms with Crippen molar-refractivity contribution in [1.29, 1.82) is 0 Å². The predicted molar refractivity (Wildman–Crippen MR) is 122 cm³/mol. The van der Waals surface area contributed by atoms with E-state index < -0.39 is 29.0 Å². The highest BCUT2D eigenvalue weighted by atomic mass is 16.3. The van der Waals surface area contributed by atoms with Gasteiger partial charge in [-0.3, -0.25) is 18.7 Å². The van der Waals surface area contributed by atoms with E-state index in [4.69, 9.17) is 0 Å². The van der Waals surface area contributed by atoms with Gasteiger partial charge in [0.15, 0.2) is 11.2 Å². The van der Waals surface area contributed by atoms with Crippen molar-refractivity contribution in [1.82, 2.24) is 33.6 Å². The first kappa shape index (κ1) is 22.0. The lowest BCUT2D eigenvalue weighted by Crippen LogP contribution is -2.47. The second-order valence-corrected chi connectivity index (χ2v) is 9.11. The van der Waals surface area contributed by atoms with Gasteiger partial charge >= 0.3 is 5.69 Å². The first-order valence-corrected chi connectivity index (χ1v) is 10.8. The Bertz CT molecular complexity index is 1540. The molecule has 1 amide bonds. The highest BCUT2D eigenvalue weighted by Crippen LogP contribution is 2.34.